The van der Waals surface area contributed by atoms with Crippen molar-refractivity contribution >= 4 is 28.4 Å². The van der Waals surface area contributed by atoms with Crippen LogP contribution in [0.25, 0.3) is 27.7 Å². The second-order valence-electron chi connectivity index (χ2n) is 8.18. The molecule has 0 saturated heterocycles. The predicted octanol–water partition coefficient (Wildman–Crippen LogP) is 4.10. The molecule has 1 unspecified atom stereocenters. The molecule has 1 atom stereocenters. The van der Waals surface area contributed by atoms with Crippen molar-refractivity contribution in [2.24, 2.45) is 0 Å². The van der Waals surface area contributed by atoms with E-state index >= 15 is 0 Å². The molecule has 36 heavy (non-hydrogen) atoms. The highest BCUT2D eigenvalue weighted by Gasteiger charge is 2.23. The zero-order chi connectivity index (χ0) is 25.2. The van der Waals surface area contributed by atoms with Gasteiger partial charge in [-0.15, -0.1) is 0 Å². The maximum atomic E-state index is 14.7. The number of para-hydroxylation sites is 1. The summed E-state index contributed by atoms with van der Waals surface area (Å²) in [4.78, 5) is 31.0. The van der Waals surface area contributed by atoms with Crippen molar-refractivity contribution in [1.82, 2.24) is 24.5 Å². The third kappa shape index (κ3) is 4.20. The Morgan fingerprint density at radius 1 is 1.03 bits per heavy atom. The van der Waals surface area contributed by atoms with E-state index in [9.17, 15) is 9.18 Å². The highest BCUT2D eigenvalue weighted by atomic mass is 19.1. The van der Waals surface area contributed by atoms with Crippen LogP contribution in [0, 0.1) is 5.82 Å². The van der Waals surface area contributed by atoms with Crippen LogP contribution in [0.5, 0.6) is 0 Å². The molecule has 0 aliphatic carbocycles. The lowest BCUT2D eigenvalue weighted by Gasteiger charge is -2.23. The quantitative estimate of drug-likeness (QED) is 0.329. The van der Waals surface area contributed by atoms with Crippen LogP contribution in [-0.4, -0.2) is 24.5 Å². The third-order valence-corrected chi connectivity index (χ3v) is 5.80. The number of nitrogens with one attached hydrogen (secondary N) is 1. The molecule has 3 aromatic heterocycles. The number of aromatic nitrogens is 5. The van der Waals surface area contributed by atoms with E-state index in [2.05, 4.69) is 20.3 Å². The molecule has 0 fully saturated rings. The molecule has 2 aromatic carbocycles. The predicted molar refractivity (Wildman–Crippen MR) is 138 cm³/mol. The fourth-order valence-corrected chi connectivity index (χ4v) is 4.10. The van der Waals surface area contributed by atoms with E-state index in [1.54, 1.807) is 42.9 Å². The van der Waals surface area contributed by atoms with Gasteiger partial charge in [0.1, 0.15) is 22.8 Å². The largest absolute Gasteiger partial charge is 0.397 e. The van der Waals surface area contributed by atoms with Gasteiger partial charge in [-0.25, -0.2) is 14.4 Å². The smallest absolute Gasteiger partial charge is 0.269 e. The van der Waals surface area contributed by atoms with Crippen LogP contribution in [0.15, 0.2) is 78.0 Å². The average Bonchev–Trinajstić information content (AvgIpc) is 2.87. The van der Waals surface area contributed by atoms with Crippen LogP contribution >= 0.6 is 0 Å². The van der Waals surface area contributed by atoms with E-state index in [0.29, 0.717) is 40.6 Å². The maximum Gasteiger partial charge on any atom is 0.269 e. The zero-order valence-electron chi connectivity index (χ0n) is 19.4. The summed E-state index contributed by atoms with van der Waals surface area (Å²) in [6, 6.07) is 14.7. The average molecular weight is 483 g/mol. The van der Waals surface area contributed by atoms with Gasteiger partial charge < -0.3 is 16.8 Å². The van der Waals surface area contributed by atoms with Gasteiger partial charge in [-0.2, -0.15) is 4.98 Å². The Balaban J connectivity index is 1.70. The molecule has 9 nitrogen and oxygen atoms in total. The Hall–Kier alpha value is -4.86. The van der Waals surface area contributed by atoms with Gasteiger partial charge in [-0.1, -0.05) is 31.2 Å². The number of nitrogen functional groups attached to an aromatic ring is 2. The highest BCUT2D eigenvalue weighted by molar-refractivity contribution is 5.79. The number of hydrogen-bond donors (Lipinski definition) is 3. The van der Waals surface area contributed by atoms with Crippen LogP contribution in [0.3, 0.4) is 0 Å². The molecular weight excluding hydrogens is 459 g/mol. The van der Waals surface area contributed by atoms with Crippen LogP contribution < -0.4 is 22.3 Å². The second-order valence-corrected chi connectivity index (χ2v) is 8.18. The van der Waals surface area contributed by atoms with E-state index in [4.69, 9.17) is 16.5 Å². The minimum atomic E-state index is -0.623. The summed E-state index contributed by atoms with van der Waals surface area (Å²) in [5.41, 5.74) is 14.0. The van der Waals surface area contributed by atoms with Gasteiger partial charge in [0.05, 0.1) is 22.9 Å². The number of nitrogens with two attached hydrogens (primary N) is 2. The first-order valence-electron chi connectivity index (χ1n) is 11.3. The van der Waals surface area contributed by atoms with Crippen molar-refractivity contribution in [3.63, 3.8) is 0 Å². The number of anilines is 3. The fraction of sp³-hybridized carbons (Fsp3) is 0.115. The number of hydrogen-bond acceptors (Lipinski definition) is 8. The van der Waals surface area contributed by atoms with Gasteiger partial charge in [0.15, 0.2) is 0 Å². The van der Waals surface area contributed by atoms with Crippen LogP contribution in [0.4, 0.5) is 21.8 Å². The third-order valence-electron chi connectivity index (χ3n) is 5.80. The SMILES string of the molecule is CCC(Nc1nc(N)ncc1-c1cncc(N)c1)c1nc2cccc(F)c2c(=O)n1-c1ccccc1. The van der Waals surface area contributed by atoms with Crippen molar-refractivity contribution in [2.45, 2.75) is 19.4 Å². The normalized spacial score (nSPS) is 11.9. The van der Waals surface area contributed by atoms with Gasteiger partial charge in [0, 0.05) is 29.7 Å². The number of nitrogens with zero attached hydrogens (tertiary/aromatic N) is 5. The van der Waals surface area contributed by atoms with E-state index in [0.717, 1.165) is 0 Å². The second kappa shape index (κ2) is 9.41. The summed E-state index contributed by atoms with van der Waals surface area (Å²) in [7, 11) is 0. The Kier molecular flexibility index (Phi) is 5.99. The number of benzene rings is 2. The number of pyridine rings is 1. The monoisotopic (exact) mass is 482 g/mol. The lowest BCUT2D eigenvalue weighted by atomic mass is 10.1. The zero-order valence-corrected chi connectivity index (χ0v) is 19.4. The summed E-state index contributed by atoms with van der Waals surface area (Å²) in [6.45, 7) is 1.95. The van der Waals surface area contributed by atoms with Crippen molar-refractivity contribution in [2.75, 3.05) is 16.8 Å². The molecule has 0 spiro atoms. The maximum absolute atomic E-state index is 14.7. The molecule has 0 bridgehead atoms. The summed E-state index contributed by atoms with van der Waals surface area (Å²) in [5, 5.41) is 3.30. The molecule has 3 heterocycles. The molecule has 0 radical (unpaired) electrons. The van der Waals surface area contributed by atoms with Crippen LogP contribution in [-0.2, 0) is 0 Å². The Morgan fingerprint density at radius 3 is 2.58 bits per heavy atom. The lowest BCUT2D eigenvalue weighted by molar-refractivity contribution is 0.630. The van der Waals surface area contributed by atoms with Gasteiger partial charge in [-0.3, -0.25) is 14.3 Å². The minimum absolute atomic E-state index is 0.0713. The fourth-order valence-electron chi connectivity index (χ4n) is 4.10. The van der Waals surface area contributed by atoms with E-state index in [1.807, 2.05) is 25.1 Å². The first-order valence-corrected chi connectivity index (χ1v) is 11.3. The molecule has 5 aromatic rings. The molecule has 0 saturated carbocycles. The molecule has 0 aliphatic rings. The number of fused-ring (bicyclic) bond motifs is 1. The van der Waals surface area contributed by atoms with E-state index in [1.165, 1.54) is 16.7 Å². The van der Waals surface area contributed by atoms with Crippen molar-refractivity contribution in [1.29, 1.82) is 0 Å². The molecule has 0 amide bonds. The van der Waals surface area contributed by atoms with E-state index in [-0.39, 0.29) is 16.9 Å². The van der Waals surface area contributed by atoms with Gasteiger partial charge >= 0.3 is 0 Å². The Bertz CT molecular complexity index is 1620. The minimum Gasteiger partial charge on any atom is -0.397 e. The van der Waals surface area contributed by atoms with Crippen molar-refractivity contribution in [3.05, 3.63) is 95.2 Å². The molecular formula is C26H23FN8O. The standard InChI is InChI=1S/C26H23FN8O/c1-2-20(32-23-18(14-31-26(29)34-23)15-11-16(28)13-30-12-15)24-33-21-10-6-9-19(27)22(21)25(36)35(24)17-7-4-3-5-8-17/h3-14,20H,2,28H2,1H3,(H3,29,31,32,34). The molecule has 5 N–H and O–H groups in total. The van der Waals surface area contributed by atoms with Crippen molar-refractivity contribution < 1.29 is 4.39 Å². The topological polar surface area (TPSA) is 138 Å². The van der Waals surface area contributed by atoms with Crippen molar-refractivity contribution in [3.8, 4) is 16.8 Å². The summed E-state index contributed by atoms with van der Waals surface area (Å²) in [5.74, 6) is 0.278. The first kappa shape index (κ1) is 22.9. The van der Waals surface area contributed by atoms with Crippen LogP contribution in [0.1, 0.15) is 25.2 Å². The molecule has 0 aliphatic heterocycles. The number of halogens is 1. The molecule has 180 valence electrons. The Morgan fingerprint density at radius 2 is 1.83 bits per heavy atom. The van der Waals surface area contributed by atoms with Gasteiger partial charge in [-0.05, 0) is 36.8 Å². The summed E-state index contributed by atoms with van der Waals surface area (Å²) >= 11 is 0. The summed E-state index contributed by atoms with van der Waals surface area (Å²) < 4.78 is 16.1. The summed E-state index contributed by atoms with van der Waals surface area (Å²) in [6.07, 6.45) is 5.30. The van der Waals surface area contributed by atoms with Gasteiger partial charge in [0.2, 0.25) is 5.95 Å². The molecule has 10 heteroatoms. The lowest BCUT2D eigenvalue weighted by Crippen LogP contribution is -2.29. The van der Waals surface area contributed by atoms with E-state index < -0.39 is 17.4 Å². The van der Waals surface area contributed by atoms with Gasteiger partial charge in [0.25, 0.3) is 5.56 Å². The Labute approximate surface area is 205 Å². The van der Waals surface area contributed by atoms with Crippen LogP contribution in [0.2, 0.25) is 0 Å². The molecule has 5 rings (SSSR count). The highest BCUT2D eigenvalue weighted by Crippen LogP contribution is 2.31. The number of rotatable bonds is 6. The first-order chi connectivity index (χ1) is 17.5.